The smallest absolute Gasteiger partial charge is 0.258 e. The van der Waals surface area contributed by atoms with Crippen molar-refractivity contribution in [2.45, 2.75) is 50.8 Å². The van der Waals surface area contributed by atoms with Gasteiger partial charge in [0.1, 0.15) is 11.9 Å². The van der Waals surface area contributed by atoms with Crippen LogP contribution < -0.4 is 24.8 Å². The molecule has 5 aliphatic rings. The van der Waals surface area contributed by atoms with Crippen LogP contribution in [0.4, 0.5) is 0 Å². The standard InChI is InChI=1S/C30H35N5O6/c1-39-26-13-20-7-11-25(26)40-19-29(37)31-14-21-5-9-23(10-6-21)41-27-18-35(17-24(27)34-28(36)12-8-20)30(38)4-2-3-22-15-32-33-16-22/h5-7,9-11,13,15-16,24,27H,2-4,8,12,14,17-19H2,1H3,(H,31,37)(H,32,33)(H,34,36)/t24-,27-/m0/s1. The number of H-pyrrole nitrogens is 1. The fourth-order valence-electron chi connectivity index (χ4n) is 5.03. The van der Waals surface area contributed by atoms with E-state index in [-0.39, 0.29) is 36.8 Å². The van der Waals surface area contributed by atoms with Crippen molar-refractivity contribution in [1.82, 2.24) is 25.7 Å². The molecule has 3 aromatic rings. The van der Waals surface area contributed by atoms with E-state index in [0.717, 1.165) is 23.1 Å². The number of amides is 3. The first-order chi connectivity index (χ1) is 20.0. The Bertz CT molecular complexity index is 1340. The molecule has 5 aliphatic heterocycles. The molecule has 8 rings (SSSR count). The van der Waals surface area contributed by atoms with Crippen molar-refractivity contribution >= 4 is 17.7 Å². The summed E-state index contributed by atoms with van der Waals surface area (Å²) in [7, 11) is 1.53. The molecule has 2 aromatic carbocycles. The minimum atomic E-state index is -0.399. The van der Waals surface area contributed by atoms with E-state index in [1.54, 1.807) is 17.2 Å². The predicted molar refractivity (Wildman–Crippen MR) is 150 cm³/mol. The number of benzene rings is 2. The molecule has 1 fully saturated rings. The van der Waals surface area contributed by atoms with Gasteiger partial charge in [-0.15, -0.1) is 0 Å². The number of methoxy groups -OCH3 is 1. The molecule has 0 unspecified atom stereocenters. The molecule has 2 atom stereocenters. The molecular weight excluding hydrogens is 526 g/mol. The molecule has 3 N–H and O–H groups in total. The molecule has 0 radical (unpaired) electrons. The van der Waals surface area contributed by atoms with Crippen molar-refractivity contribution in [3.8, 4) is 17.2 Å². The number of aromatic amines is 1. The summed E-state index contributed by atoms with van der Waals surface area (Å²) < 4.78 is 17.4. The lowest BCUT2D eigenvalue weighted by Crippen LogP contribution is -2.45. The van der Waals surface area contributed by atoms with Gasteiger partial charge in [0.15, 0.2) is 18.1 Å². The number of hydrogen-bond acceptors (Lipinski definition) is 7. The molecule has 11 heteroatoms. The Morgan fingerprint density at radius 1 is 1.07 bits per heavy atom. The van der Waals surface area contributed by atoms with Gasteiger partial charge < -0.3 is 29.7 Å². The van der Waals surface area contributed by atoms with Crippen LogP contribution in [0.5, 0.6) is 17.2 Å². The molecule has 0 spiro atoms. The van der Waals surface area contributed by atoms with Crippen molar-refractivity contribution in [2.75, 3.05) is 26.8 Å². The second-order valence-corrected chi connectivity index (χ2v) is 10.3. The number of aromatic nitrogens is 2. The molecular formula is C30H35N5O6. The third-order valence-corrected chi connectivity index (χ3v) is 7.30. The lowest BCUT2D eigenvalue weighted by Gasteiger charge is -2.21. The molecule has 0 saturated carbocycles. The van der Waals surface area contributed by atoms with Gasteiger partial charge in [0, 0.05) is 32.1 Å². The first kappa shape index (κ1) is 28.0. The number of aryl methyl sites for hydroxylation is 2. The van der Waals surface area contributed by atoms with Crippen LogP contribution in [0.3, 0.4) is 0 Å². The van der Waals surface area contributed by atoms with Gasteiger partial charge in [0.05, 0.1) is 25.9 Å². The predicted octanol–water partition coefficient (Wildman–Crippen LogP) is 2.16. The maximum absolute atomic E-state index is 13.1. The first-order valence-electron chi connectivity index (χ1n) is 13.8. The number of carbonyl (C=O) groups excluding carboxylic acids is 3. The Morgan fingerprint density at radius 3 is 2.68 bits per heavy atom. The van der Waals surface area contributed by atoms with Crippen molar-refractivity contribution in [3.63, 3.8) is 0 Å². The molecule has 6 heterocycles. The van der Waals surface area contributed by atoms with Gasteiger partial charge in [0.2, 0.25) is 11.8 Å². The van der Waals surface area contributed by atoms with Crippen LogP contribution in [0, 0.1) is 0 Å². The van der Waals surface area contributed by atoms with Crippen LogP contribution >= 0.6 is 0 Å². The Morgan fingerprint density at radius 2 is 1.90 bits per heavy atom. The molecule has 1 saturated heterocycles. The maximum Gasteiger partial charge on any atom is 0.258 e. The molecule has 1 aromatic heterocycles. The second-order valence-electron chi connectivity index (χ2n) is 10.3. The van der Waals surface area contributed by atoms with Crippen LogP contribution in [0.2, 0.25) is 0 Å². The number of nitrogens with zero attached hydrogens (tertiary/aromatic N) is 2. The van der Waals surface area contributed by atoms with E-state index in [1.807, 2.05) is 42.6 Å². The van der Waals surface area contributed by atoms with Crippen LogP contribution in [0.25, 0.3) is 0 Å². The highest BCUT2D eigenvalue weighted by molar-refractivity contribution is 5.79. The summed E-state index contributed by atoms with van der Waals surface area (Å²) in [6.45, 7) is 0.944. The van der Waals surface area contributed by atoms with Gasteiger partial charge >= 0.3 is 0 Å². The van der Waals surface area contributed by atoms with E-state index < -0.39 is 6.10 Å². The first-order valence-corrected chi connectivity index (χ1v) is 13.8. The van der Waals surface area contributed by atoms with Gasteiger partial charge in [-0.3, -0.25) is 19.5 Å². The van der Waals surface area contributed by atoms with Crippen molar-refractivity contribution in [3.05, 3.63) is 71.5 Å². The quantitative estimate of drug-likeness (QED) is 0.435. The molecule has 0 aliphatic carbocycles. The average molecular weight is 562 g/mol. The number of ether oxygens (including phenoxy) is 3. The molecule has 41 heavy (non-hydrogen) atoms. The highest BCUT2D eigenvalue weighted by Crippen LogP contribution is 2.29. The number of carbonyl (C=O) groups is 3. The lowest BCUT2D eigenvalue weighted by atomic mass is 10.1. The fraction of sp³-hybridized carbons (Fsp3) is 0.400. The van der Waals surface area contributed by atoms with Crippen molar-refractivity contribution < 1.29 is 28.6 Å². The largest absolute Gasteiger partial charge is 0.493 e. The summed E-state index contributed by atoms with van der Waals surface area (Å²) >= 11 is 0. The average Bonchev–Trinajstić information content (AvgIpc) is 3.64. The van der Waals surface area contributed by atoms with E-state index >= 15 is 0 Å². The zero-order valence-corrected chi connectivity index (χ0v) is 23.1. The van der Waals surface area contributed by atoms with Gasteiger partial charge in [0.25, 0.3) is 5.91 Å². The minimum Gasteiger partial charge on any atom is -0.493 e. The van der Waals surface area contributed by atoms with Crippen LogP contribution in [0.1, 0.15) is 36.0 Å². The summed E-state index contributed by atoms with van der Waals surface area (Å²) in [6, 6.07) is 12.5. The van der Waals surface area contributed by atoms with E-state index in [1.165, 1.54) is 7.11 Å². The van der Waals surface area contributed by atoms with E-state index in [2.05, 4.69) is 20.8 Å². The second kappa shape index (κ2) is 13.2. The summed E-state index contributed by atoms with van der Waals surface area (Å²) in [5.41, 5.74) is 2.86. The van der Waals surface area contributed by atoms with Crippen LogP contribution in [-0.2, 0) is 33.8 Å². The van der Waals surface area contributed by atoms with Gasteiger partial charge in [-0.2, -0.15) is 5.10 Å². The molecule has 4 bridgehead atoms. The fourth-order valence-corrected chi connectivity index (χ4v) is 5.03. The van der Waals surface area contributed by atoms with Crippen LogP contribution in [0.15, 0.2) is 54.9 Å². The summed E-state index contributed by atoms with van der Waals surface area (Å²) in [5.74, 6) is 1.22. The number of rotatable bonds is 5. The summed E-state index contributed by atoms with van der Waals surface area (Å²) in [6.07, 6.45) is 5.82. The number of nitrogens with one attached hydrogen (secondary N) is 3. The third kappa shape index (κ3) is 7.56. The Kier molecular flexibility index (Phi) is 9.02. The van der Waals surface area contributed by atoms with Gasteiger partial charge in [-0.25, -0.2) is 0 Å². The van der Waals surface area contributed by atoms with E-state index in [9.17, 15) is 14.4 Å². The summed E-state index contributed by atoms with van der Waals surface area (Å²) in [5, 5.41) is 12.7. The molecule has 11 nitrogen and oxygen atoms in total. The topological polar surface area (TPSA) is 135 Å². The van der Waals surface area contributed by atoms with Crippen molar-refractivity contribution in [2.24, 2.45) is 0 Å². The Hall–Kier alpha value is -4.54. The van der Waals surface area contributed by atoms with Gasteiger partial charge in [-0.1, -0.05) is 18.2 Å². The normalized spacial score (nSPS) is 19.5. The van der Waals surface area contributed by atoms with Crippen molar-refractivity contribution in [1.29, 1.82) is 0 Å². The zero-order valence-electron chi connectivity index (χ0n) is 23.1. The molecule has 3 amide bonds. The van der Waals surface area contributed by atoms with Crippen LogP contribution in [-0.4, -0.2) is 71.8 Å². The Balaban J connectivity index is 1.30. The summed E-state index contributed by atoms with van der Waals surface area (Å²) in [4.78, 5) is 40.2. The third-order valence-electron chi connectivity index (χ3n) is 7.30. The maximum atomic E-state index is 13.1. The SMILES string of the molecule is COc1cc2ccc1OCC(=O)NCc1ccc(cc1)O[C@H]1CN(C(=O)CCCc3cn[nH]c3)C[C@@H]1NC(=O)CC2. The zero-order chi connectivity index (χ0) is 28.6. The highest BCUT2D eigenvalue weighted by atomic mass is 16.5. The monoisotopic (exact) mass is 561 g/mol. The number of likely N-dealkylation sites (tertiary alicyclic amines) is 1. The molecule has 216 valence electrons. The number of hydrogen-bond donors (Lipinski definition) is 3. The van der Waals surface area contributed by atoms with E-state index in [0.29, 0.717) is 56.1 Å². The highest BCUT2D eigenvalue weighted by Gasteiger charge is 2.37. The van der Waals surface area contributed by atoms with E-state index in [4.69, 9.17) is 14.2 Å². The Labute approximate surface area is 238 Å². The lowest BCUT2D eigenvalue weighted by molar-refractivity contribution is -0.130. The minimum absolute atomic E-state index is 0.0323. The van der Waals surface area contributed by atoms with Gasteiger partial charge in [-0.05, 0) is 60.2 Å².